The average Bonchev–Trinajstić information content (AvgIpc) is 2.94. The monoisotopic (exact) mass is 591 g/mol. The Labute approximate surface area is 227 Å². The number of hydrogen-bond donors (Lipinski definition) is 0. The van der Waals surface area contributed by atoms with Gasteiger partial charge in [-0.05, 0) is 67.4 Å². The third kappa shape index (κ3) is 5.25. The Hall–Kier alpha value is -3.44. The van der Waals surface area contributed by atoms with Gasteiger partial charge in [-0.15, -0.1) is 26.3 Å². The number of rotatable bonds is 5. The molecule has 39 heavy (non-hydrogen) atoms. The van der Waals surface area contributed by atoms with Crippen molar-refractivity contribution in [3.05, 3.63) is 87.9 Å². The van der Waals surface area contributed by atoms with Gasteiger partial charge in [-0.1, -0.05) is 47.5 Å². The topological polar surface area (TPSA) is 55.8 Å². The smallest absolute Gasteiger partial charge is 0.406 e. The molecule has 0 N–H and O–H groups in total. The highest BCUT2D eigenvalue weighted by Gasteiger charge is 2.66. The van der Waals surface area contributed by atoms with Crippen molar-refractivity contribution in [2.45, 2.75) is 32.0 Å². The van der Waals surface area contributed by atoms with Crippen molar-refractivity contribution in [3.63, 3.8) is 0 Å². The first-order valence-corrected chi connectivity index (χ1v) is 11.8. The molecule has 0 bridgehead atoms. The van der Waals surface area contributed by atoms with Crippen LogP contribution in [0.5, 0.6) is 11.5 Å². The van der Waals surface area contributed by atoms with Crippen LogP contribution in [-0.2, 0) is 15.0 Å². The second-order valence-electron chi connectivity index (χ2n) is 9.09. The quantitative estimate of drug-likeness (QED) is 0.225. The highest BCUT2D eigenvalue weighted by Crippen LogP contribution is 2.55. The van der Waals surface area contributed by atoms with Crippen molar-refractivity contribution in [3.8, 4) is 11.5 Å². The van der Waals surface area contributed by atoms with E-state index in [4.69, 9.17) is 23.2 Å². The molecule has 0 unspecified atom stereocenters. The fraction of sp³-hybridized carbons (Fsp3) is 0.231. The van der Waals surface area contributed by atoms with Crippen molar-refractivity contribution < 1.29 is 45.4 Å². The molecule has 3 aromatic carbocycles. The lowest BCUT2D eigenvalue weighted by atomic mass is 9.59. The molecule has 0 saturated carbocycles. The van der Waals surface area contributed by atoms with Crippen LogP contribution in [0.15, 0.2) is 66.7 Å². The molecule has 1 heterocycles. The third-order valence-electron chi connectivity index (χ3n) is 6.35. The predicted octanol–water partition coefficient (Wildman–Crippen LogP) is 7.68. The van der Waals surface area contributed by atoms with E-state index in [2.05, 4.69) is 9.47 Å². The van der Waals surface area contributed by atoms with E-state index in [0.717, 1.165) is 29.2 Å². The van der Waals surface area contributed by atoms with E-state index in [1.807, 2.05) is 0 Å². The van der Waals surface area contributed by atoms with Gasteiger partial charge in [0.15, 0.2) is 0 Å². The number of ether oxygens (including phenoxy) is 2. The number of imide groups is 1. The molecule has 0 radical (unpaired) electrons. The van der Waals surface area contributed by atoms with Crippen LogP contribution in [0.1, 0.15) is 25.0 Å². The molecule has 0 aromatic heterocycles. The molecule has 3 aromatic rings. The van der Waals surface area contributed by atoms with E-state index in [9.17, 15) is 35.9 Å². The fourth-order valence-corrected chi connectivity index (χ4v) is 5.33. The van der Waals surface area contributed by atoms with Crippen LogP contribution in [0.2, 0.25) is 10.0 Å². The molecule has 1 aliphatic rings. The normalized spacial score (nSPS) is 16.9. The van der Waals surface area contributed by atoms with Gasteiger partial charge in [0.1, 0.15) is 16.9 Å². The third-order valence-corrected chi connectivity index (χ3v) is 6.78. The molecule has 1 aliphatic heterocycles. The number of nitrogens with zero attached hydrogens (tertiary/aromatic N) is 1. The van der Waals surface area contributed by atoms with Crippen LogP contribution in [-0.4, -0.2) is 24.5 Å². The molecule has 1 saturated heterocycles. The van der Waals surface area contributed by atoms with Gasteiger partial charge in [-0.3, -0.25) is 9.59 Å². The summed E-state index contributed by atoms with van der Waals surface area (Å²) in [4.78, 5) is 29.0. The molecule has 0 aliphatic carbocycles. The van der Waals surface area contributed by atoms with Crippen LogP contribution in [0, 0.1) is 5.41 Å². The zero-order chi connectivity index (χ0) is 29.0. The molecule has 0 spiro atoms. The van der Waals surface area contributed by atoms with Crippen molar-refractivity contribution >= 4 is 40.7 Å². The van der Waals surface area contributed by atoms with Gasteiger partial charge in [-0.2, -0.15) is 0 Å². The largest absolute Gasteiger partial charge is 0.573 e. The van der Waals surface area contributed by atoms with Gasteiger partial charge in [-0.25, -0.2) is 4.90 Å². The fourth-order valence-electron chi connectivity index (χ4n) is 4.82. The Morgan fingerprint density at radius 1 is 0.667 bits per heavy atom. The number of amides is 2. The summed E-state index contributed by atoms with van der Waals surface area (Å²) in [5.41, 5.74) is -3.32. The van der Waals surface area contributed by atoms with E-state index in [0.29, 0.717) is 0 Å². The van der Waals surface area contributed by atoms with Crippen LogP contribution in [0.25, 0.3) is 0 Å². The Balaban J connectivity index is 1.94. The van der Waals surface area contributed by atoms with E-state index in [1.54, 1.807) is 0 Å². The first-order chi connectivity index (χ1) is 18.0. The number of halogens is 8. The van der Waals surface area contributed by atoms with Crippen molar-refractivity contribution in [1.29, 1.82) is 0 Å². The lowest BCUT2D eigenvalue weighted by molar-refractivity contribution is -0.275. The highest BCUT2D eigenvalue weighted by atomic mass is 35.5. The van der Waals surface area contributed by atoms with Gasteiger partial charge >= 0.3 is 12.7 Å². The van der Waals surface area contributed by atoms with E-state index in [1.165, 1.54) is 56.3 Å². The molecular weight excluding hydrogens is 575 g/mol. The lowest BCUT2D eigenvalue weighted by Gasteiger charge is -2.38. The maximum atomic E-state index is 14.3. The minimum Gasteiger partial charge on any atom is -0.406 e. The van der Waals surface area contributed by atoms with Gasteiger partial charge in [0.2, 0.25) is 11.8 Å². The number of benzene rings is 3. The first kappa shape index (κ1) is 28.6. The summed E-state index contributed by atoms with van der Waals surface area (Å²) < 4.78 is 84.3. The van der Waals surface area contributed by atoms with E-state index in [-0.39, 0.29) is 26.9 Å². The second-order valence-corrected chi connectivity index (χ2v) is 9.97. The SMILES string of the molecule is CC1(C)C(=O)N(c2cc(Cl)cc(Cl)c2)C(=O)C1(c1ccc(OC(F)(F)F)cc1)c1ccc(OC(F)(F)F)cc1. The highest BCUT2D eigenvalue weighted by molar-refractivity contribution is 6.36. The summed E-state index contributed by atoms with van der Waals surface area (Å²) >= 11 is 12.2. The summed E-state index contributed by atoms with van der Waals surface area (Å²) in [5.74, 6) is -2.70. The zero-order valence-electron chi connectivity index (χ0n) is 20.0. The molecule has 13 heteroatoms. The molecule has 206 valence electrons. The summed E-state index contributed by atoms with van der Waals surface area (Å²) in [6.45, 7) is 2.89. The first-order valence-electron chi connectivity index (χ1n) is 11.0. The maximum absolute atomic E-state index is 14.3. The number of alkyl halides is 6. The number of anilines is 1. The van der Waals surface area contributed by atoms with E-state index >= 15 is 0 Å². The number of hydrogen-bond acceptors (Lipinski definition) is 4. The van der Waals surface area contributed by atoms with Crippen LogP contribution < -0.4 is 14.4 Å². The molecule has 0 atom stereocenters. The van der Waals surface area contributed by atoms with Gasteiger partial charge in [0.25, 0.3) is 0 Å². The minimum absolute atomic E-state index is 0.0338. The Bertz CT molecular complexity index is 1340. The van der Waals surface area contributed by atoms with Gasteiger partial charge in [0, 0.05) is 10.0 Å². The molecule has 2 amide bonds. The van der Waals surface area contributed by atoms with Crippen LogP contribution in [0.4, 0.5) is 32.0 Å². The van der Waals surface area contributed by atoms with Crippen LogP contribution in [0.3, 0.4) is 0 Å². The lowest BCUT2D eigenvalue weighted by Crippen LogP contribution is -2.46. The Morgan fingerprint density at radius 2 is 1.05 bits per heavy atom. The predicted molar refractivity (Wildman–Crippen MR) is 130 cm³/mol. The Morgan fingerprint density at radius 3 is 1.41 bits per heavy atom. The molecule has 5 nitrogen and oxygen atoms in total. The molecule has 1 fully saturated rings. The maximum Gasteiger partial charge on any atom is 0.573 e. The van der Waals surface area contributed by atoms with Crippen molar-refractivity contribution in [1.82, 2.24) is 0 Å². The minimum atomic E-state index is -4.98. The molecular formula is C26H17Cl2F6NO4. The van der Waals surface area contributed by atoms with Crippen LogP contribution >= 0.6 is 23.2 Å². The number of carbonyl (C=O) groups is 2. The molecule has 4 rings (SSSR count). The summed E-state index contributed by atoms with van der Waals surface area (Å²) in [5, 5.41) is 0.242. The summed E-state index contributed by atoms with van der Waals surface area (Å²) in [7, 11) is 0. The van der Waals surface area contributed by atoms with E-state index < -0.39 is 46.9 Å². The van der Waals surface area contributed by atoms with Gasteiger partial charge < -0.3 is 9.47 Å². The second kappa shape index (κ2) is 9.63. The van der Waals surface area contributed by atoms with Crippen molar-refractivity contribution in [2.75, 3.05) is 4.90 Å². The summed E-state index contributed by atoms with van der Waals surface area (Å²) in [6.07, 6.45) is -9.96. The average molecular weight is 592 g/mol. The standard InChI is InChI=1S/C26H17Cl2F6NO4/c1-23(2)21(36)35(18-12-16(27)11-17(28)13-18)22(37)24(23,14-3-7-19(8-4-14)38-25(29,30)31)15-5-9-20(10-6-15)39-26(32,33)34/h3-13H,1-2H3. The zero-order valence-corrected chi connectivity index (χ0v) is 21.5. The van der Waals surface area contributed by atoms with Gasteiger partial charge in [0.05, 0.1) is 11.1 Å². The van der Waals surface area contributed by atoms with Crippen molar-refractivity contribution in [2.24, 2.45) is 5.41 Å². The number of carbonyl (C=O) groups excluding carboxylic acids is 2. The summed E-state index contributed by atoms with van der Waals surface area (Å²) in [6, 6.07) is 12.7. The Kier molecular flexibility index (Phi) is 7.06.